The molecular weight excluding hydrogens is 255 g/mol. The van der Waals surface area contributed by atoms with Gasteiger partial charge in [0, 0.05) is 22.9 Å². The maximum Gasteiger partial charge on any atom is 0.142 e. The minimum Gasteiger partial charge on any atom is -0.460 e. The maximum atomic E-state index is 6.21. The van der Waals surface area contributed by atoms with Crippen LogP contribution in [0.1, 0.15) is 30.2 Å². The number of rotatable bonds is 1. The minimum atomic E-state index is 0.574. The average molecular weight is 274 g/mol. The van der Waals surface area contributed by atoms with E-state index in [9.17, 15) is 0 Å². The van der Waals surface area contributed by atoms with Crippen LogP contribution in [0.3, 0.4) is 0 Å². The Bertz CT molecular complexity index is 791. The molecule has 4 rings (SSSR count). The smallest absolute Gasteiger partial charge is 0.142 e. The summed E-state index contributed by atoms with van der Waals surface area (Å²) in [5.41, 5.74) is 4.85. The first-order valence-corrected chi connectivity index (χ1v) is 7.85. The molecule has 1 aromatic heterocycles. The Labute approximate surface area is 126 Å². The highest BCUT2D eigenvalue weighted by molar-refractivity contribution is 6.14. The molecule has 1 nitrogen and oxygen atoms in total. The lowest BCUT2D eigenvalue weighted by atomic mass is 9.73. The van der Waals surface area contributed by atoms with Crippen molar-refractivity contribution in [3.05, 3.63) is 59.4 Å². The van der Waals surface area contributed by atoms with Crippen molar-refractivity contribution >= 4 is 30.5 Å². The van der Waals surface area contributed by atoms with Crippen LogP contribution in [0.2, 0.25) is 5.82 Å². The Hall–Kier alpha value is -1.96. The molecule has 2 heteroatoms. The Morgan fingerprint density at radius 3 is 3.00 bits per heavy atom. The largest absolute Gasteiger partial charge is 0.460 e. The summed E-state index contributed by atoms with van der Waals surface area (Å²) in [4.78, 5) is 0. The van der Waals surface area contributed by atoms with E-state index in [4.69, 9.17) is 4.42 Å². The van der Waals surface area contributed by atoms with Crippen LogP contribution in [0.15, 0.2) is 46.9 Å². The summed E-state index contributed by atoms with van der Waals surface area (Å²) >= 11 is 0. The van der Waals surface area contributed by atoms with E-state index in [1.54, 1.807) is 0 Å². The van der Waals surface area contributed by atoms with Crippen molar-refractivity contribution in [2.45, 2.75) is 25.6 Å². The number of fused-ring (bicyclic) bond motifs is 3. The molecule has 1 unspecified atom stereocenters. The normalized spacial score (nSPS) is 24.1. The Morgan fingerprint density at radius 2 is 2.14 bits per heavy atom. The van der Waals surface area contributed by atoms with Gasteiger partial charge in [-0.2, -0.15) is 0 Å². The number of benzene rings is 1. The molecule has 0 aliphatic heterocycles. The molecule has 0 amide bonds. The summed E-state index contributed by atoms with van der Waals surface area (Å²) in [5, 5.41) is 1.25. The van der Waals surface area contributed by atoms with Gasteiger partial charge < -0.3 is 4.42 Å². The number of allylic oxidation sites excluding steroid dienone is 5. The van der Waals surface area contributed by atoms with Gasteiger partial charge in [0.15, 0.2) is 0 Å². The summed E-state index contributed by atoms with van der Waals surface area (Å²) in [7, 11) is 2.27. The van der Waals surface area contributed by atoms with Gasteiger partial charge in [0.1, 0.15) is 19.2 Å². The monoisotopic (exact) mass is 274 g/mol. The number of hydrogen-bond acceptors (Lipinski definition) is 1. The number of para-hydroxylation sites is 1. The van der Waals surface area contributed by atoms with E-state index in [-0.39, 0.29) is 0 Å². The minimum absolute atomic E-state index is 0.574. The standard InChI is InChI=1S/C19H19BO/c1-12-11-13(9-10-17(12)20)14-6-4-7-16-15-5-2-3-8-18(15)21-19(14)16/h2,4-7,9-12,17H,3,8,20H2,1H3/t12-,17?/m0/s1. The van der Waals surface area contributed by atoms with Gasteiger partial charge in [0.25, 0.3) is 0 Å². The van der Waals surface area contributed by atoms with E-state index in [0.717, 1.165) is 24.2 Å². The molecule has 1 heterocycles. The lowest BCUT2D eigenvalue weighted by Gasteiger charge is -2.19. The van der Waals surface area contributed by atoms with Crippen LogP contribution in [-0.2, 0) is 6.42 Å². The lowest BCUT2D eigenvalue weighted by molar-refractivity contribution is 0.545. The Morgan fingerprint density at radius 1 is 1.24 bits per heavy atom. The molecule has 0 N–H and O–H groups in total. The summed E-state index contributed by atoms with van der Waals surface area (Å²) < 4.78 is 6.21. The van der Waals surface area contributed by atoms with Gasteiger partial charge in [0.05, 0.1) is 0 Å². The van der Waals surface area contributed by atoms with Gasteiger partial charge in [-0.25, -0.2) is 0 Å². The fourth-order valence-corrected chi connectivity index (χ4v) is 3.30. The van der Waals surface area contributed by atoms with E-state index in [0.29, 0.717) is 11.7 Å². The molecule has 0 radical (unpaired) electrons. The topological polar surface area (TPSA) is 13.1 Å². The van der Waals surface area contributed by atoms with Crippen molar-refractivity contribution < 1.29 is 4.42 Å². The quantitative estimate of drug-likeness (QED) is 0.702. The third-order valence-electron chi connectivity index (χ3n) is 4.82. The van der Waals surface area contributed by atoms with Crippen molar-refractivity contribution in [3.8, 4) is 0 Å². The van der Waals surface area contributed by atoms with Crippen LogP contribution in [-0.4, -0.2) is 7.85 Å². The molecule has 1 aromatic carbocycles. The van der Waals surface area contributed by atoms with Crippen LogP contribution in [0.5, 0.6) is 0 Å². The maximum absolute atomic E-state index is 6.21. The Kier molecular flexibility index (Phi) is 2.92. The number of aryl methyl sites for hydroxylation is 1. The fourth-order valence-electron chi connectivity index (χ4n) is 3.30. The molecule has 0 saturated heterocycles. The van der Waals surface area contributed by atoms with Crippen molar-refractivity contribution in [2.24, 2.45) is 5.92 Å². The highest BCUT2D eigenvalue weighted by Crippen LogP contribution is 2.37. The van der Waals surface area contributed by atoms with Crippen molar-refractivity contribution in [3.63, 3.8) is 0 Å². The lowest BCUT2D eigenvalue weighted by Crippen LogP contribution is -2.04. The van der Waals surface area contributed by atoms with Gasteiger partial charge in [-0.1, -0.05) is 55.5 Å². The summed E-state index contributed by atoms with van der Waals surface area (Å²) in [6.45, 7) is 2.28. The highest BCUT2D eigenvalue weighted by atomic mass is 16.3. The van der Waals surface area contributed by atoms with E-state index >= 15 is 0 Å². The van der Waals surface area contributed by atoms with Crippen molar-refractivity contribution in [1.29, 1.82) is 0 Å². The molecule has 0 bridgehead atoms. The fraction of sp³-hybridized carbons (Fsp3) is 0.263. The van der Waals surface area contributed by atoms with Crippen molar-refractivity contribution in [1.82, 2.24) is 0 Å². The van der Waals surface area contributed by atoms with Gasteiger partial charge in [-0.05, 0) is 23.7 Å². The molecule has 2 aliphatic rings. The number of hydrogen-bond donors (Lipinski definition) is 0. The number of furan rings is 1. The molecule has 2 aliphatic carbocycles. The SMILES string of the molecule is BC1C=CC(c2cccc3c4c(oc23)CCC=C4)=C[C@@H]1C. The Balaban J connectivity index is 1.91. The molecule has 0 spiro atoms. The highest BCUT2D eigenvalue weighted by Gasteiger charge is 2.19. The zero-order chi connectivity index (χ0) is 14.4. The second-order valence-corrected chi connectivity index (χ2v) is 6.26. The van der Waals surface area contributed by atoms with Crippen LogP contribution in [0.4, 0.5) is 0 Å². The third-order valence-corrected chi connectivity index (χ3v) is 4.82. The first-order valence-electron chi connectivity index (χ1n) is 7.85. The summed E-state index contributed by atoms with van der Waals surface area (Å²) in [6.07, 6.45) is 13.5. The molecular formula is C19H19BO. The second-order valence-electron chi connectivity index (χ2n) is 6.26. The van der Waals surface area contributed by atoms with E-state index < -0.39 is 0 Å². The zero-order valence-electron chi connectivity index (χ0n) is 12.6. The van der Waals surface area contributed by atoms with Crippen LogP contribution in [0.25, 0.3) is 22.6 Å². The van der Waals surface area contributed by atoms with Gasteiger partial charge in [-0.3, -0.25) is 0 Å². The molecule has 104 valence electrons. The van der Waals surface area contributed by atoms with E-state index in [1.165, 1.54) is 22.1 Å². The first-order chi connectivity index (χ1) is 10.2. The molecule has 0 fully saturated rings. The van der Waals surface area contributed by atoms with E-state index in [1.807, 2.05) is 0 Å². The van der Waals surface area contributed by atoms with Gasteiger partial charge >= 0.3 is 0 Å². The summed E-state index contributed by atoms with van der Waals surface area (Å²) in [5.74, 6) is 2.33. The van der Waals surface area contributed by atoms with Crippen LogP contribution in [0, 0.1) is 5.92 Å². The summed E-state index contributed by atoms with van der Waals surface area (Å²) in [6, 6.07) is 6.50. The molecule has 2 atom stereocenters. The van der Waals surface area contributed by atoms with Gasteiger partial charge in [-0.15, -0.1) is 0 Å². The predicted octanol–water partition coefficient (Wildman–Crippen LogP) is 4.40. The zero-order valence-corrected chi connectivity index (χ0v) is 12.6. The average Bonchev–Trinajstić information content (AvgIpc) is 2.89. The second kappa shape index (κ2) is 4.80. The first kappa shape index (κ1) is 12.8. The predicted molar refractivity (Wildman–Crippen MR) is 92.1 cm³/mol. The third kappa shape index (κ3) is 2.01. The van der Waals surface area contributed by atoms with Crippen LogP contribution >= 0.6 is 0 Å². The van der Waals surface area contributed by atoms with Crippen molar-refractivity contribution in [2.75, 3.05) is 0 Å². The molecule has 21 heavy (non-hydrogen) atoms. The van der Waals surface area contributed by atoms with E-state index in [2.05, 4.69) is 63.3 Å². The van der Waals surface area contributed by atoms with Crippen LogP contribution < -0.4 is 0 Å². The molecule has 0 saturated carbocycles. The van der Waals surface area contributed by atoms with Gasteiger partial charge in [0.2, 0.25) is 0 Å². The molecule has 2 aromatic rings.